The molecule has 1 amide bonds. The van der Waals surface area contributed by atoms with E-state index in [9.17, 15) is 4.79 Å². The summed E-state index contributed by atoms with van der Waals surface area (Å²) in [6, 6.07) is 27.6. The maximum atomic E-state index is 13.6. The van der Waals surface area contributed by atoms with E-state index in [1.165, 1.54) is 5.57 Å². The summed E-state index contributed by atoms with van der Waals surface area (Å²) < 4.78 is 0. The topological polar surface area (TPSA) is 32.7 Å². The van der Waals surface area contributed by atoms with Crippen molar-refractivity contribution >= 4 is 29.3 Å². The van der Waals surface area contributed by atoms with Gasteiger partial charge in [0.15, 0.2) is 0 Å². The molecule has 1 aliphatic carbocycles. The summed E-state index contributed by atoms with van der Waals surface area (Å²) in [5.74, 6) is 0.0259. The highest BCUT2D eigenvalue weighted by Crippen LogP contribution is 2.45. The van der Waals surface area contributed by atoms with Gasteiger partial charge in [0, 0.05) is 5.92 Å². The molecule has 4 heteroatoms. The molecule has 1 saturated carbocycles. The maximum absolute atomic E-state index is 13.6. The molecule has 0 unspecified atom stereocenters. The molecule has 2 atom stereocenters. The van der Waals surface area contributed by atoms with Gasteiger partial charge in [-0.3, -0.25) is 4.79 Å². The Morgan fingerprint density at radius 3 is 2.35 bits per heavy atom. The largest absolute Gasteiger partial charge is 0.276 e. The lowest BCUT2D eigenvalue weighted by molar-refractivity contribution is 0.0681. The molecule has 0 aromatic heterocycles. The number of halogens is 1. The second-order valence-electron chi connectivity index (χ2n) is 8.05. The van der Waals surface area contributed by atoms with Crippen LogP contribution in [0.2, 0.25) is 5.02 Å². The third-order valence-corrected chi connectivity index (χ3v) is 6.43. The van der Waals surface area contributed by atoms with Crippen molar-refractivity contribution in [3.8, 4) is 0 Å². The normalized spacial score (nSPS) is 21.6. The van der Waals surface area contributed by atoms with Gasteiger partial charge in [-0.2, -0.15) is 5.10 Å². The first kappa shape index (κ1) is 19.8. The van der Waals surface area contributed by atoms with Crippen LogP contribution in [0.15, 0.2) is 95.6 Å². The predicted molar refractivity (Wildman–Crippen MR) is 126 cm³/mol. The number of carbonyl (C=O) groups is 1. The molecule has 154 valence electrons. The molecular weight excluding hydrogens is 404 g/mol. The molecule has 3 nitrogen and oxygen atoms in total. The second kappa shape index (κ2) is 8.52. The molecule has 0 radical (unpaired) electrons. The maximum Gasteiger partial charge on any atom is 0.276 e. The molecule has 0 spiro atoms. The van der Waals surface area contributed by atoms with Crippen molar-refractivity contribution in [2.45, 2.75) is 25.3 Å². The fraction of sp³-hybridized carbons (Fsp3) is 0.185. The number of rotatable bonds is 3. The number of amides is 1. The van der Waals surface area contributed by atoms with Crippen LogP contribution in [-0.2, 0) is 0 Å². The minimum atomic E-state index is -0.152. The molecule has 1 aliphatic heterocycles. The van der Waals surface area contributed by atoms with Crippen LogP contribution in [0.25, 0.3) is 6.08 Å². The average Bonchev–Trinajstić information content (AvgIpc) is 3.21. The first-order valence-corrected chi connectivity index (χ1v) is 11.1. The molecular formula is C27H23ClN2O. The third-order valence-electron chi connectivity index (χ3n) is 6.10. The van der Waals surface area contributed by atoms with Crippen LogP contribution < -0.4 is 0 Å². The van der Waals surface area contributed by atoms with Crippen molar-refractivity contribution in [1.29, 1.82) is 0 Å². The van der Waals surface area contributed by atoms with E-state index in [0.717, 1.165) is 36.1 Å². The zero-order valence-electron chi connectivity index (χ0n) is 17.1. The SMILES string of the molecule is O=C(c1ccccc1Cl)N1N=C2/C(=C\c3ccccc3)CCC[C@@H]2[C@@H]1c1ccccc1. The number of hydrogen-bond acceptors (Lipinski definition) is 2. The highest BCUT2D eigenvalue weighted by atomic mass is 35.5. The first-order chi connectivity index (χ1) is 15.2. The van der Waals surface area contributed by atoms with Gasteiger partial charge in [0.1, 0.15) is 0 Å². The van der Waals surface area contributed by atoms with Crippen molar-refractivity contribution in [3.63, 3.8) is 0 Å². The van der Waals surface area contributed by atoms with E-state index in [1.807, 2.05) is 48.5 Å². The van der Waals surface area contributed by atoms with Gasteiger partial charge >= 0.3 is 0 Å². The van der Waals surface area contributed by atoms with Gasteiger partial charge in [-0.05, 0) is 54.2 Å². The Balaban J connectivity index is 1.59. The molecule has 31 heavy (non-hydrogen) atoms. The fourth-order valence-electron chi connectivity index (χ4n) is 4.66. The first-order valence-electron chi connectivity index (χ1n) is 10.7. The van der Waals surface area contributed by atoms with Crippen molar-refractivity contribution in [3.05, 3.63) is 112 Å². The van der Waals surface area contributed by atoms with Crippen LogP contribution in [0.1, 0.15) is 46.8 Å². The van der Waals surface area contributed by atoms with Crippen molar-refractivity contribution < 1.29 is 4.79 Å². The van der Waals surface area contributed by atoms with E-state index in [0.29, 0.717) is 10.6 Å². The molecule has 0 N–H and O–H groups in total. The van der Waals surface area contributed by atoms with E-state index < -0.39 is 0 Å². The third kappa shape index (κ3) is 3.82. The summed E-state index contributed by atoms with van der Waals surface area (Å²) in [4.78, 5) is 13.6. The number of hydrazone groups is 1. The van der Waals surface area contributed by atoms with Crippen LogP contribution in [0.5, 0.6) is 0 Å². The number of carbonyl (C=O) groups excluding carboxylic acids is 1. The van der Waals surface area contributed by atoms with E-state index in [4.69, 9.17) is 16.7 Å². The lowest BCUT2D eigenvalue weighted by Crippen LogP contribution is -2.32. The Labute approximate surface area is 187 Å². The number of nitrogens with zero attached hydrogens (tertiary/aromatic N) is 2. The molecule has 1 heterocycles. The molecule has 0 saturated heterocycles. The predicted octanol–water partition coefficient (Wildman–Crippen LogP) is 6.78. The molecule has 5 rings (SSSR count). The van der Waals surface area contributed by atoms with Gasteiger partial charge in [-0.1, -0.05) is 84.4 Å². The number of allylic oxidation sites excluding steroid dienone is 1. The highest BCUT2D eigenvalue weighted by molar-refractivity contribution is 6.33. The van der Waals surface area contributed by atoms with Crippen LogP contribution in [0.4, 0.5) is 0 Å². The number of fused-ring (bicyclic) bond motifs is 1. The zero-order chi connectivity index (χ0) is 21.2. The molecule has 2 aliphatic rings. The fourth-order valence-corrected chi connectivity index (χ4v) is 4.88. The standard InChI is InChI=1S/C27H23ClN2O/c28-24-17-8-7-15-22(24)27(31)30-26(20-12-5-2-6-13-20)23-16-9-14-21(25(23)29-30)18-19-10-3-1-4-11-19/h1-8,10-13,15,17-18,23,26H,9,14,16H2/b21-18-/t23-,26-/m0/s1. The van der Waals surface area contributed by atoms with Crippen LogP contribution in [-0.4, -0.2) is 16.6 Å². The summed E-state index contributed by atoms with van der Waals surface area (Å²) >= 11 is 6.37. The van der Waals surface area contributed by atoms with Crippen molar-refractivity contribution in [2.75, 3.05) is 0 Å². The Morgan fingerprint density at radius 1 is 0.935 bits per heavy atom. The van der Waals surface area contributed by atoms with E-state index in [2.05, 4.69) is 30.3 Å². The minimum Gasteiger partial charge on any atom is -0.267 e. The van der Waals surface area contributed by atoms with Crippen LogP contribution in [0.3, 0.4) is 0 Å². The molecule has 1 fully saturated rings. The monoisotopic (exact) mass is 426 g/mol. The Hall–Kier alpha value is -3.17. The van der Waals surface area contributed by atoms with Gasteiger partial charge in [0.2, 0.25) is 0 Å². The smallest absolute Gasteiger partial charge is 0.267 e. The van der Waals surface area contributed by atoms with Gasteiger partial charge < -0.3 is 0 Å². The van der Waals surface area contributed by atoms with Crippen LogP contribution >= 0.6 is 11.6 Å². The average molecular weight is 427 g/mol. The summed E-state index contributed by atoms with van der Waals surface area (Å²) in [6.45, 7) is 0. The van der Waals surface area contributed by atoms with Crippen LogP contribution in [0, 0.1) is 5.92 Å². The zero-order valence-corrected chi connectivity index (χ0v) is 17.9. The summed E-state index contributed by atoms with van der Waals surface area (Å²) in [5, 5.41) is 7.06. The van der Waals surface area contributed by atoms with E-state index >= 15 is 0 Å². The number of hydrogen-bond donors (Lipinski definition) is 0. The Kier molecular flexibility index (Phi) is 5.44. The van der Waals surface area contributed by atoms with Crippen molar-refractivity contribution in [1.82, 2.24) is 5.01 Å². The lowest BCUT2D eigenvalue weighted by Gasteiger charge is -2.29. The summed E-state index contributed by atoms with van der Waals surface area (Å²) in [7, 11) is 0. The van der Waals surface area contributed by atoms with Gasteiger partial charge in [-0.25, -0.2) is 5.01 Å². The molecule has 3 aromatic rings. The highest BCUT2D eigenvalue weighted by Gasteiger charge is 2.44. The van der Waals surface area contributed by atoms with Crippen molar-refractivity contribution in [2.24, 2.45) is 11.0 Å². The molecule has 3 aromatic carbocycles. The summed E-state index contributed by atoms with van der Waals surface area (Å²) in [5.41, 5.74) is 5.00. The Bertz CT molecular complexity index is 1150. The Morgan fingerprint density at radius 2 is 1.61 bits per heavy atom. The molecule has 0 bridgehead atoms. The number of benzene rings is 3. The van der Waals surface area contributed by atoms with E-state index in [-0.39, 0.29) is 17.9 Å². The van der Waals surface area contributed by atoms with E-state index in [1.54, 1.807) is 17.1 Å². The summed E-state index contributed by atoms with van der Waals surface area (Å²) in [6.07, 6.45) is 5.28. The lowest BCUT2D eigenvalue weighted by atomic mass is 9.77. The quantitative estimate of drug-likeness (QED) is 0.454. The van der Waals surface area contributed by atoms with Gasteiger partial charge in [0.05, 0.1) is 22.3 Å². The van der Waals surface area contributed by atoms with Gasteiger partial charge in [0.25, 0.3) is 5.91 Å². The van der Waals surface area contributed by atoms with Gasteiger partial charge in [-0.15, -0.1) is 0 Å². The minimum absolute atomic E-state index is 0.126. The second-order valence-corrected chi connectivity index (χ2v) is 8.46.